The van der Waals surface area contributed by atoms with Crippen LogP contribution in [0.4, 0.5) is 18.9 Å². The lowest BCUT2D eigenvalue weighted by Gasteiger charge is -2.13. The van der Waals surface area contributed by atoms with Crippen LogP contribution >= 0.6 is 0 Å². The molecular weight excluding hydrogens is 347 g/mol. The highest BCUT2D eigenvalue weighted by molar-refractivity contribution is 6.03. The molecule has 1 N–H and O–H groups in total. The predicted octanol–water partition coefficient (Wildman–Crippen LogP) is 3.55. The number of benzene rings is 1. The molecule has 26 heavy (non-hydrogen) atoms. The Morgan fingerprint density at radius 3 is 2.38 bits per heavy atom. The van der Waals surface area contributed by atoms with Gasteiger partial charge in [-0.3, -0.25) is 4.79 Å². The summed E-state index contributed by atoms with van der Waals surface area (Å²) in [7, 11) is 0. The molecule has 9 heteroatoms. The number of hydrogen-bond donors (Lipinski definition) is 1. The minimum Gasteiger partial charge on any atom is -0.320 e. The summed E-state index contributed by atoms with van der Waals surface area (Å²) in [5.74, 6) is -0.378. The summed E-state index contributed by atoms with van der Waals surface area (Å²) in [5, 5.41) is 14.2. The van der Waals surface area contributed by atoms with Gasteiger partial charge in [-0.25, -0.2) is 4.68 Å². The maximum absolute atomic E-state index is 13.0. The van der Waals surface area contributed by atoms with Crippen molar-refractivity contribution >= 4 is 11.6 Å². The van der Waals surface area contributed by atoms with E-state index in [1.165, 1.54) is 30.3 Å². The van der Waals surface area contributed by atoms with Gasteiger partial charge in [0.1, 0.15) is 0 Å². The summed E-state index contributed by atoms with van der Waals surface area (Å²) in [6, 6.07) is 9.49. The van der Waals surface area contributed by atoms with Crippen molar-refractivity contribution in [1.82, 2.24) is 20.0 Å². The summed E-state index contributed by atoms with van der Waals surface area (Å²) in [4.78, 5) is 12.2. The number of hydrogen-bond acceptors (Lipinski definition) is 4. The molecule has 0 saturated carbocycles. The Labute approximate surface area is 146 Å². The third-order valence-corrected chi connectivity index (χ3v) is 3.59. The molecule has 2 heterocycles. The average molecular weight is 361 g/mol. The molecule has 0 aliphatic carbocycles. The van der Waals surface area contributed by atoms with Crippen molar-refractivity contribution in [3.8, 4) is 5.82 Å². The zero-order valence-electron chi connectivity index (χ0n) is 13.9. The molecule has 0 unspecified atom stereocenters. The van der Waals surface area contributed by atoms with Crippen LogP contribution in [0.15, 0.2) is 42.5 Å². The second-order valence-corrected chi connectivity index (χ2v) is 5.61. The van der Waals surface area contributed by atoms with Crippen LogP contribution in [0.3, 0.4) is 0 Å². The Kier molecular flexibility index (Phi) is 4.45. The molecule has 2 aromatic heterocycles. The van der Waals surface area contributed by atoms with Gasteiger partial charge in [0, 0.05) is 5.69 Å². The summed E-state index contributed by atoms with van der Waals surface area (Å²) in [5.41, 5.74) is 0.269. The number of aryl methyl sites for hydroxylation is 2. The van der Waals surface area contributed by atoms with E-state index >= 15 is 0 Å². The molecule has 0 aliphatic heterocycles. The number of nitrogens with one attached hydrogen (secondary N) is 1. The average Bonchev–Trinajstić information content (AvgIpc) is 2.93. The van der Waals surface area contributed by atoms with E-state index in [0.717, 1.165) is 17.5 Å². The zero-order chi connectivity index (χ0) is 18.9. The highest BCUT2D eigenvalue weighted by Crippen LogP contribution is 2.34. The lowest BCUT2D eigenvalue weighted by atomic mass is 10.1. The van der Waals surface area contributed by atoms with Crippen LogP contribution in [0.25, 0.3) is 5.82 Å². The molecule has 0 saturated heterocycles. The SMILES string of the molecule is Cc1cc(C)n(-c2ccc(C(=O)Nc3ccccc3C(F)(F)F)nn2)n1. The number of para-hydroxylation sites is 1. The smallest absolute Gasteiger partial charge is 0.320 e. The molecule has 0 radical (unpaired) electrons. The molecule has 0 atom stereocenters. The zero-order valence-corrected chi connectivity index (χ0v) is 13.9. The molecule has 0 spiro atoms. The Morgan fingerprint density at radius 1 is 1.08 bits per heavy atom. The molecule has 1 aromatic carbocycles. The van der Waals surface area contributed by atoms with E-state index in [-0.39, 0.29) is 11.4 Å². The number of aromatic nitrogens is 4. The fourth-order valence-electron chi connectivity index (χ4n) is 2.45. The first-order chi connectivity index (χ1) is 12.3. The van der Waals surface area contributed by atoms with Gasteiger partial charge in [-0.05, 0) is 44.2 Å². The van der Waals surface area contributed by atoms with Crippen LogP contribution in [0, 0.1) is 13.8 Å². The second kappa shape index (κ2) is 6.58. The Balaban J connectivity index is 1.83. The Bertz CT molecular complexity index is 948. The number of alkyl halides is 3. The molecule has 0 aliphatic rings. The molecule has 134 valence electrons. The Hall–Kier alpha value is -3.23. The van der Waals surface area contributed by atoms with E-state index in [0.29, 0.717) is 5.82 Å². The highest BCUT2D eigenvalue weighted by atomic mass is 19.4. The number of rotatable bonds is 3. The van der Waals surface area contributed by atoms with E-state index in [2.05, 4.69) is 20.6 Å². The van der Waals surface area contributed by atoms with Gasteiger partial charge >= 0.3 is 6.18 Å². The highest BCUT2D eigenvalue weighted by Gasteiger charge is 2.33. The van der Waals surface area contributed by atoms with Crippen molar-refractivity contribution in [2.45, 2.75) is 20.0 Å². The maximum Gasteiger partial charge on any atom is 0.418 e. The fourth-order valence-corrected chi connectivity index (χ4v) is 2.45. The first-order valence-electron chi connectivity index (χ1n) is 7.60. The van der Waals surface area contributed by atoms with Gasteiger partial charge in [0.15, 0.2) is 11.5 Å². The molecule has 0 bridgehead atoms. The van der Waals surface area contributed by atoms with Crippen molar-refractivity contribution in [1.29, 1.82) is 0 Å². The molecule has 3 aromatic rings. The van der Waals surface area contributed by atoms with Gasteiger partial charge in [0.05, 0.1) is 16.9 Å². The van der Waals surface area contributed by atoms with Crippen LogP contribution in [0.1, 0.15) is 27.4 Å². The van der Waals surface area contributed by atoms with Crippen LogP contribution in [-0.2, 0) is 6.18 Å². The van der Waals surface area contributed by atoms with Crippen molar-refractivity contribution < 1.29 is 18.0 Å². The van der Waals surface area contributed by atoms with Crippen molar-refractivity contribution in [2.24, 2.45) is 0 Å². The Morgan fingerprint density at radius 2 is 1.81 bits per heavy atom. The number of halogens is 3. The monoisotopic (exact) mass is 361 g/mol. The van der Waals surface area contributed by atoms with Crippen molar-refractivity contribution in [3.05, 3.63) is 65.1 Å². The van der Waals surface area contributed by atoms with Crippen molar-refractivity contribution in [2.75, 3.05) is 5.32 Å². The van der Waals surface area contributed by atoms with Gasteiger partial charge in [-0.15, -0.1) is 10.2 Å². The van der Waals surface area contributed by atoms with Gasteiger partial charge < -0.3 is 5.32 Å². The third kappa shape index (κ3) is 3.56. The summed E-state index contributed by atoms with van der Waals surface area (Å²) in [6.07, 6.45) is -4.57. The summed E-state index contributed by atoms with van der Waals surface area (Å²) >= 11 is 0. The van der Waals surface area contributed by atoms with E-state index in [9.17, 15) is 18.0 Å². The molecular formula is C17H14F3N5O. The van der Waals surface area contributed by atoms with Crippen LogP contribution in [0.2, 0.25) is 0 Å². The number of carbonyl (C=O) groups excluding carboxylic acids is 1. The topological polar surface area (TPSA) is 72.7 Å². The number of amides is 1. The van der Waals surface area contributed by atoms with Gasteiger partial charge in [-0.1, -0.05) is 12.1 Å². The summed E-state index contributed by atoms with van der Waals surface area (Å²) < 4.78 is 40.5. The van der Waals surface area contributed by atoms with Crippen LogP contribution < -0.4 is 5.32 Å². The van der Waals surface area contributed by atoms with Gasteiger partial charge in [0.25, 0.3) is 5.91 Å². The first kappa shape index (κ1) is 17.6. The van der Waals surface area contributed by atoms with E-state index in [1.54, 1.807) is 4.68 Å². The lowest BCUT2D eigenvalue weighted by molar-refractivity contribution is -0.136. The normalized spacial score (nSPS) is 11.4. The van der Waals surface area contributed by atoms with Crippen molar-refractivity contribution in [3.63, 3.8) is 0 Å². The minimum atomic E-state index is -4.57. The number of anilines is 1. The molecule has 3 rings (SSSR count). The van der Waals surface area contributed by atoms with E-state index < -0.39 is 17.6 Å². The quantitative estimate of drug-likeness (QED) is 0.774. The predicted molar refractivity (Wildman–Crippen MR) is 88.0 cm³/mol. The van der Waals surface area contributed by atoms with Gasteiger partial charge in [0.2, 0.25) is 0 Å². The maximum atomic E-state index is 13.0. The first-order valence-corrected chi connectivity index (χ1v) is 7.60. The molecule has 1 amide bonds. The van der Waals surface area contributed by atoms with E-state index in [4.69, 9.17) is 0 Å². The fraction of sp³-hybridized carbons (Fsp3) is 0.176. The van der Waals surface area contributed by atoms with Crippen LogP contribution in [-0.4, -0.2) is 25.9 Å². The minimum absolute atomic E-state index is 0.104. The number of carbonyl (C=O) groups is 1. The lowest BCUT2D eigenvalue weighted by Crippen LogP contribution is -2.18. The second-order valence-electron chi connectivity index (χ2n) is 5.61. The molecule has 6 nitrogen and oxygen atoms in total. The summed E-state index contributed by atoms with van der Waals surface area (Å²) in [6.45, 7) is 3.67. The molecule has 0 fully saturated rings. The standard InChI is InChI=1S/C17H14F3N5O/c1-10-9-11(2)25(24-10)15-8-7-14(22-23-15)16(26)21-13-6-4-3-5-12(13)17(18,19)20/h3-9H,1-2H3,(H,21,26). The van der Waals surface area contributed by atoms with Crippen LogP contribution in [0.5, 0.6) is 0 Å². The van der Waals surface area contributed by atoms with Gasteiger partial charge in [-0.2, -0.15) is 18.3 Å². The third-order valence-electron chi connectivity index (χ3n) is 3.59. The largest absolute Gasteiger partial charge is 0.418 e. The number of nitrogens with zero attached hydrogens (tertiary/aromatic N) is 4. The van der Waals surface area contributed by atoms with E-state index in [1.807, 2.05) is 19.9 Å².